The van der Waals surface area contributed by atoms with Crippen LogP contribution in [0.1, 0.15) is 24.2 Å². The molecule has 1 amide bonds. The van der Waals surface area contributed by atoms with Crippen molar-refractivity contribution in [3.05, 3.63) is 60.3 Å². The first-order valence-electron chi connectivity index (χ1n) is 12.4. The summed E-state index contributed by atoms with van der Waals surface area (Å²) >= 11 is 0. The van der Waals surface area contributed by atoms with Crippen molar-refractivity contribution in [2.24, 2.45) is 5.73 Å². The van der Waals surface area contributed by atoms with E-state index in [-0.39, 0.29) is 0 Å². The van der Waals surface area contributed by atoms with Crippen LogP contribution in [0.25, 0.3) is 11.0 Å². The number of methoxy groups -OCH3 is 1. The number of carbonyl (C=O) groups excluding carboxylic acids is 1. The average molecular weight is 502 g/mol. The molecule has 0 spiro atoms. The first-order valence-corrected chi connectivity index (χ1v) is 12.4. The van der Waals surface area contributed by atoms with Gasteiger partial charge in [0.2, 0.25) is 11.5 Å². The number of piperazine rings is 1. The molecular formula is C27H33N8O2+. The molecule has 2 aromatic carbocycles. The summed E-state index contributed by atoms with van der Waals surface area (Å²) in [6.45, 7) is 8.54. The maximum absolute atomic E-state index is 11.9. The van der Waals surface area contributed by atoms with Crippen molar-refractivity contribution in [1.29, 1.82) is 0 Å². The molecule has 6 N–H and O–H groups in total. The third kappa shape index (κ3) is 5.14. The highest BCUT2D eigenvalue weighted by atomic mass is 16.5. The molecule has 0 unspecified atom stereocenters. The van der Waals surface area contributed by atoms with Crippen LogP contribution < -0.4 is 31.0 Å². The lowest BCUT2D eigenvalue weighted by atomic mass is 10.1. The van der Waals surface area contributed by atoms with E-state index in [0.717, 1.165) is 54.3 Å². The van der Waals surface area contributed by atoms with E-state index in [1.165, 1.54) is 0 Å². The van der Waals surface area contributed by atoms with E-state index in [0.29, 0.717) is 29.1 Å². The molecule has 1 aliphatic rings. The number of nitrogens with two attached hydrogens (primary N) is 1. The number of rotatable bonds is 8. The minimum atomic E-state index is -0.510. The molecule has 192 valence electrons. The number of nitrogens with zero attached hydrogens (tertiary/aromatic N) is 3. The minimum Gasteiger partial charge on any atom is -0.493 e. The van der Waals surface area contributed by atoms with Crippen LogP contribution in [0.5, 0.6) is 5.75 Å². The van der Waals surface area contributed by atoms with Crippen LogP contribution in [-0.2, 0) is 0 Å². The Labute approximate surface area is 215 Å². The fourth-order valence-corrected chi connectivity index (χ4v) is 4.68. The molecule has 1 saturated heterocycles. The van der Waals surface area contributed by atoms with Crippen molar-refractivity contribution >= 4 is 45.8 Å². The number of anilines is 5. The number of para-hydroxylation sites is 1. The maximum atomic E-state index is 11.9. The Bertz CT molecular complexity index is 1410. The van der Waals surface area contributed by atoms with Crippen LogP contribution >= 0.6 is 0 Å². The molecule has 0 saturated carbocycles. The Kier molecular flexibility index (Phi) is 6.82. The van der Waals surface area contributed by atoms with Gasteiger partial charge in [-0.05, 0) is 44.2 Å². The summed E-state index contributed by atoms with van der Waals surface area (Å²) < 4.78 is 5.73. The Morgan fingerprint density at radius 2 is 1.86 bits per heavy atom. The number of hydrogen-bond acceptors (Lipinski definition) is 7. The van der Waals surface area contributed by atoms with Crippen LogP contribution in [0, 0.1) is 0 Å². The first kappa shape index (κ1) is 24.4. The van der Waals surface area contributed by atoms with Gasteiger partial charge < -0.3 is 20.7 Å². The molecule has 4 aromatic rings. The molecule has 1 aliphatic heterocycles. The van der Waals surface area contributed by atoms with Gasteiger partial charge in [-0.15, -0.1) is 0 Å². The largest absolute Gasteiger partial charge is 0.493 e. The highest BCUT2D eigenvalue weighted by molar-refractivity contribution is 6.00. The van der Waals surface area contributed by atoms with Crippen LogP contribution in [0.2, 0.25) is 0 Å². The summed E-state index contributed by atoms with van der Waals surface area (Å²) in [7, 11) is 1.67. The van der Waals surface area contributed by atoms with E-state index in [2.05, 4.69) is 56.4 Å². The van der Waals surface area contributed by atoms with Crippen molar-refractivity contribution in [2.75, 3.05) is 48.8 Å². The number of aromatic amines is 2. The van der Waals surface area contributed by atoms with Gasteiger partial charge in [0.05, 0.1) is 23.7 Å². The van der Waals surface area contributed by atoms with Gasteiger partial charge in [-0.2, -0.15) is 0 Å². The molecule has 0 atom stereocenters. The standard InChI is InChI=1S/C27H32N8O2/c1-17(2)34-12-14-35(15-13-34)18-8-9-22(23(16-18)37-3)31-27-32-25-20(10-11-29-25)26(33-27)30-21-7-5-4-6-19(21)24(28)36/h4-11,16-17H,12-15H2,1-3H3,(H2,28,36)(H3,29,30,31,32,33)/p+1. The smallest absolute Gasteiger partial charge is 0.351 e. The fourth-order valence-electron chi connectivity index (χ4n) is 4.68. The van der Waals surface area contributed by atoms with Gasteiger partial charge in [0.25, 0.3) is 5.91 Å². The van der Waals surface area contributed by atoms with E-state index in [9.17, 15) is 4.79 Å². The van der Waals surface area contributed by atoms with E-state index in [1.807, 2.05) is 24.4 Å². The lowest BCUT2D eigenvalue weighted by molar-refractivity contribution is -0.333. The topological polar surface area (TPSA) is 126 Å². The second-order valence-electron chi connectivity index (χ2n) is 9.36. The first-order chi connectivity index (χ1) is 17.9. The van der Waals surface area contributed by atoms with E-state index in [4.69, 9.17) is 15.5 Å². The van der Waals surface area contributed by atoms with Gasteiger partial charge in [-0.3, -0.25) is 20.0 Å². The number of fused-ring (bicyclic) bond motifs is 1. The number of benzene rings is 2. The SMILES string of the molecule is COc1cc(N2CCN(C(C)C)CC2)ccc1Nc1nc(Nc2ccccc2C(N)=O)c2cc[nH]c2[nH+]1. The maximum Gasteiger partial charge on any atom is 0.351 e. The summed E-state index contributed by atoms with van der Waals surface area (Å²) in [6, 6.07) is 15.7. The van der Waals surface area contributed by atoms with Crippen molar-refractivity contribution < 1.29 is 14.5 Å². The molecule has 10 heteroatoms. The van der Waals surface area contributed by atoms with Crippen molar-refractivity contribution in [3.8, 4) is 5.75 Å². The lowest BCUT2D eigenvalue weighted by Gasteiger charge is -2.38. The van der Waals surface area contributed by atoms with Crippen LogP contribution in [-0.4, -0.2) is 60.1 Å². The summed E-state index contributed by atoms with van der Waals surface area (Å²) in [6.07, 6.45) is 1.83. The number of primary amides is 1. The number of nitrogens with one attached hydrogen (secondary N) is 4. The lowest BCUT2D eigenvalue weighted by Crippen LogP contribution is -2.48. The molecule has 2 aromatic heterocycles. The van der Waals surface area contributed by atoms with E-state index < -0.39 is 5.91 Å². The van der Waals surface area contributed by atoms with Crippen molar-refractivity contribution in [3.63, 3.8) is 0 Å². The van der Waals surface area contributed by atoms with Crippen LogP contribution in [0.4, 0.5) is 28.8 Å². The molecule has 37 heavy (non-hydrogen) atoms. The third-order valence-corrected chi connectivity index (χ3v) is 6.76. The zero-order chi connectivity index (χ0) is 25.9. The summed E-state index contributed by atoms with van der Waals surface area (Å²) in [4.78, 5) is 28.0. The third-order valence-electron chi connectivity index (χ3n) is 6.76. The van der Waals surface area contributed by atoms with Gasteiger partial charge in [0.15, 0.2) is 5.75 Å². The Hall–Kier alpha value is -4.31. The molecule has 1 fully saturated rings. The number of hydrogen-bond donors (Lipinski definition) is 4. The molecule has 10 nitrogen and oxygen atoms in total. The molecular weight excluding hydrogens is 468 g/mol. The van der Waals surface area contributed by atoms with Gasteiger partial charge in [-0.25, -0.2) is 4.98 Å². The van der Waals surface area contributed by atoms with Crippen LogP contribution in [0.15, 0.2) is 54.7 Å². The summed E-state index contributed by atoms with van der Waals surface area (Å²) in [5.74, 6) is 1.29. The van der Waals surface area contributed by atoms with Crippen molar-refractivity contribution in [2.45, 2.75) is 19.9 Å². The van der Waals surface area contributed by atoms with E-state index in [1.54, 1.807) is 25.3 Å². The molecule has 0 radical (unpaired) electrons. The van der Waals surface area contributed by atoms with Crippen molar-refractivity contribution in [1.82, 2.24) is 14.9 Å². The number of ether oxygens (including phenoxy) is 1. The van der Waals surface area contributed by atoms with Gasteiger partial charge in [0.1, 0.15) is 5.69 Å². The monoisotopic (exact) mass is 501 g/mol. The normalized spacial score (nSPS) is 14.2. The number of H-pyrrole nitrogens is 2. The molecule has 3 heterocycles. The Morgan fingerprint density at radius 3 is 2.59 bits per heavy atom. The highest BCUT2D eigenvalue weighted by Gasteiger charge is 2.21. The molecule has 0 bridgehead atoms. The number of carbonyl (C=O) groups is 1. The second kappa shape index (κ2) is 10.4. The average Bonchev–Trinajstić information content (AvgIpc) is 3.38. The summed E-state index contributed by atoms with van der Waals surface area (Å²) in [5.41, 5.74) is 9.23. The van der Waals surface area contributed by atoms with Gasteiger partial charge in [0, 0.05) is 50.2 Å². The fraction of sp³-hybridized carbons (Fsp3) is 0.296. The van der Waals surface area contributed by atoms with E-state index >= 15 is 0 Å². The Balaban J connectivity index is 1.41. The number of aromatic nitrogens is 3. The zero-order valence-electron chi connectivity index (χ0n) is 21.3. The Morgan fingerprint density at radius 1 is 1.08 bits per heavy atom. The predicted octanol–water partition coefficient (Wildman–Crippen LogP) is 3.50. The molecule has 0 aliphatic carbocycles. The summed E-state index contributed by atoms with van der Waals surface area (Å²) in [5, 5.41) is 7.46. The van der Waals surface area contributed by atoms with Gasteiger partial charge >= 0.3 is 5.95 Å². The van der Waals surface area contributed by atoms with Crippen LogP contribution in [0.3, 0.4) is 0 Å². The second-order valence-corrected chi connectivity index (χ2v) is 9.36. The predicted molar refractivity (Wildman–Crippen MR) is 146 cm³/mol. The quantitative estimate of drug-likeness (QED) is 0.291. The zero-order valence-corrected chi connectivity index (χ0v) is 21.3. The van der Waals surface area contributed by atoms with Gasteiger partial charge in [-0.1, -0.05) is 17.1 Å². The minimum absolute atomic E-state index is 0.391. The molecule has 5 rings (SSSR count). The highest BCUT2D eigenvalue weighted by Crippen LogP contribution is 2.33. The number of amides is 1.